The molecule has 3 aromatic heterocycles. The van der Waals surface area contributed by atoms with Gasteiger partial charge in [-0.1, -0.05) is 28.5 Å². The van der Waals surface area contributed by atoms with Crippen molar-refractivity contribution in [2.24, 2.45) is 0 Å². The van der Waals surface area contributed by atoms with Crippen LogP contribution in [-0.4, -0.2) is 67.3 Å². The van der Waals surface area contributed by atoms with E-state index in [2.05, 4.69) is 30.6 Å². The zero-order chi connectivity index (χ0) is 21.0. The van der Waals surface area contributed by atoms with Crippen molar-refractivity contribution in [2.45, 2.75) is 12.8 Å². The van der Waals surface area contributed by atoms with Gasteiger partial charge in [0.05, 0.1) is 5.69 Å². The predicted octanol–water partition coefficient (Wildman–Crippen LogP) is 2.06. The molecule has 1 aliphatic heterocycles. The quantitative estimate of drug-likeness (QED) is 0.452. The smallest absolute Gasteiger partial charge is 0.250 e. The van der Waals surface area contributed by atoms with Gasteiger partial charge in [-0.15, -0.1) is 0 Å². The summed E-state index contributed by atoms with van der Waals surface area (Å²) in [6.07, 6.45) is 0.773. The molecule has 158 valence electrons. The van der Waals surface area contributed by atoms with Crippen molar-refractivity contribution in [1.29, 1.82) is 0 Å². The maximum atomic E-state index is 12.7. The largest absolute Gasteiger partial charge is 0.339 e. The summed E-state index contributed by atoms with van der Waals surface area (Å²) in [5.41, 5.74) is 1.84. The first-order chi connectivity index (χ1) is 15.3. The minimum absolute atomic E-state index is 0.0811. The standard InChI is InChI=1S/C20H20N8O2S/c29-18(7-6-17-21-19(23-30-17)15-8-13-31-14-15)26-9-11-27(12-10-26)20-22-24-25-28(20)16-4-2-1-3-5-16/h1-5,8,13-14H,6-7,9-12H2. The fourth-order valence-electron chi connectivity index (χ4n) is 3.51. The molecule has 0 atom stereocenters. The molecule has 0 N–H and O–H groups in total. The molecule has 1 fully saturated rings. The Morgan fingerprint density at radius 2 is 1.94 bits per heavy atom. The number of anilines is 1. The predicted molar refractivity (Wildman–Crippen MR) is 114 cm³/mol. The van der Waals surface area contributed by atoms with Crippen LogP contribution in [0, 0.1) is 0 Å². The fourth-order valence-corrected chi connectivity index (χ4v) is 4.14. The Morgan fingerprint density at radius 1 is 1.10 bits per heavy atom. The highest BCUT2D eigenvalue weighted by Crippen LogP contribution is 2.20. The molecule has 0 aliphatic carbocycles. The molecule has 4 heterocycles. The van der Waals surface area contributed by atoms with Crippen LogP contribution in [0.4, 0.5) is 5.95 Å². The van der Waals surface area contributed by atoms with Gasteiger partial charge in [0.1, 0.15) is 0 Å². The first kappa shape index (κ1) is 19.4. The van der Waals surface area contributed by atoms with E-state index in [1.165, 1.54) is 0 Å². The number of aryl methyl sites for hydroxylation is 1. The van der Waals surface area contributed by atoms with Crippen molar-refractivity contribution >= 4 is 23.2 Å². The number of aromatic nitrogens is 6. The van der Waals surface area contributed by atoms with E-state index in [-0.39, 0.29) is 5.91 Å². The lowest BCUT2D eigenvalue weighted by Crippen LogP contribution is -2.49. The molecule has 0 spiro atoms. The average Bonchev–Trinajstić information content (AvgIpc) is 3.59. The second-order valence-electron chi connectivity index (χ2n) is 7.12. The van der Waals surface area contributed by atoms with E-state index >= 15 is 0 Å². The van der Waals surface area contributed by atoms with E-state index < -0.39 is 0 Å². The van der Waals surface area contributed by atoms with Crippen LogP contribution in [0.25, 0.3) is 17.1 Å². The van der Waals surface area contributed by atoms with Crippen molar-refractivity contribution in [3.63, 3.8) is 0 Å². The highest BCUT2D eigenvalue weighted by molar-refractivity contribution is 7.08. The fraction of sp³-hybridized carbons (Fsp3) is 0.300. The van der Waals surface area contributed by atoms with Gasteiger partial charge in [0.2, 0.25) is 23.6 Å². The molecule has 11 heteroatoms. The average molecular weight is 437 g/mol. The maximum Gasteiger partial charge on any atom is 0.250 e. The van der Waals surface area contributed by atoms with Crippen molar-refractivity contribution < 1.29 is 9.32 Å². The molecule has 0 radical (unpaired) electrons. The van der Waals surface area contributed by atoms with Gasteiger partial charge < -0.3 is 14.3 Å². The number of piperazine rings is 1. The molecule has 0 bridgehead atoms. The summed E-state index contributed by atoms with van der Waals surface area (Å²) in [4.78, 5) is 21.0. The zero-order valence-corrected chi connectivity index (χ0v) is 17.5. The minimum atomic E-state index is 0.0811. The van der Waals surface area contributed by atoms with Crippen LogP contribution in [0.3, 0.4) is 0 Å². The summed E-state index contributed by atoms with van der Waals surface area (Å²) < 4.78 is 7.01. The number of amides is 1. The molecule has 5 rings (SSSR count). The van der Waals surface area contributed by atoms with Gasteiger partial charge in [-0.05, 0) is 34.0 Å². The Labute approximate surface area is 182 Å². The van der Waals surface area contributed by atoms with Crippen molar-refractivity contribution in [3.8, 4) is 17.1 Å². The molecular formula is C20H20N8O2S. The number of tetrazole rings is 1. The SMILES string of the molecule is O=C(CCc1nc(-c2ccsc2)no1)N1CCN(c2nnnn2-c2ccccc2)CC1. The van der Waals surface area contributed by atoms with Crippen LogP contribution in [0.2, 0.25) is 0 Å². The van der Waals surface area contributed by atoms with Gasteiger partial charge in [-0.3, -0.25) is 4.79 Å². The minimum Gasteiger partial charge on any atom is -0.339 e. The second-order valence-corrected chi connectivity index (χ2v) is 7.90. The van der Waals surface area contributed by atoms with Crippen molar-refractivity contribution in [2.75, 3.05) is 31.1 Å². The molecular weight excluding hydrogens is 416 g/mol. The Balaban J connectivity index is 1.15. The third-order valence-electron chi connectivity index (χ3n) is 5.17. The Hall–Kier alpha value is -3.60. The molecule has 1 saturated heterocycles. The van der Waals surface area contributed by atoms with E-state index in [0.29, 0.717) is 56.7 Å². The monoisotopic (exact) mass is 436 g/mol. The highest BCUT2D eigenvalue weighted by atomic mass is 32.1. The highest BCUT2D eigenvalue weighted by Gasteiger charge is 2.25. The zero-order valence-electron chi connectivity index (χ0n) is 16.7. The first-order valence-electron chi connectivity index (χ1n) is 9.99. The number of nitrogens with zero attached hydrogens (tertiary/aromatic N) is 8. The Kier molecular flexibility index (Phi) is 5.40. The summed E-state index contributed by atoms with van der Waals surface area (Å²) in [5.74, 6) is 1.81. The Morgan fingerprint density at radius 3 is 2.71 bits per heavy atom. The molecule has 1 aromatic carbocycles. The van der Waals surface area contributed by atoms with Crippen LogP contribution in [0.1, 0.15) is 12.3 Å². The van der Waals surface area contributed by atoms with Crippen LogP contribution in [0.15, 0.2) is 51.7 Å². The van der Waals surface area contributed by atoms with Crippen LogP contribution >= 0.6 is 11.3 Å². The van der Waals surface area contributed by atoms with E-state index in [9.17, 15) is 4.79 Å². The summed E-state index contributed by atoms with van der Waals surface area (Å²) in [6.45, 7) is 2.57. The van der Waals surface area contributed by atoms with Gasteiger partial charge in [0, 0.05) is 50.0 Å². The number of rotatable bonds is 6. The third-order valence-corrected chi connectivity index (χ3v) is 5.85. The van der Waals surface area contributed by atoms with Gasteiger partial charge in [0.25, 0.3) is 0 Å². The van der Waals surface area contributed by atoms with Gasteiger partial charge in [-0.2, -0.15) is 21.0 Å². The van der Waals surface area contributed by atoms with Crippen molar-refractivity contribution in [1.82, 2.24) is 35.2 Å². The molecule has 1 amide bonds. The summed E-state index contributed by atoms with van der Waals surface area (Å²) in [6, 6.07) is 11.7. The number of benzene rings is 1. The normalized spacial score (nSPS) is 14.2. The molecule has 31 heavy (non-hydrogen) atoms. The molecule has 4 aromatic rings. The topological polar surface area (TPSA) is 106 Å². The van der Waals surface area contributed by atoms with Crippen molar-refractivity contribution in [3.05, 3.63) is 53.0 Å². The van der Waals surface area contributed by atoms with Crippen LogP contribution in [-0.2, 0) is 11.2 Å². The number of carbonyl (C=O) groups is 1. The van der Waals surface area contributed by atoms with E-state index in [1.807, 2.05) is 52.1 Å². The number of thiophene rings is 1. The Bertz CT molecular complexity index is 1130. The number of carbonyl (C=O) groups excluding carboxylic acids is 1. The van der Waals surface area contributed by atoms with Gasteiger partial charge in [-0.25, -0.2) is 0 Å². The lowest BCUT2D eigenvalue weighted by molar-refractivity contribution is -0.131. The molecule has 1 aliphatic rings. The first-order valence-corrected chi connectivity index (χ1v) is 10.9. The molecule has 10 nitrogen and oxygen atoms in total. The summed E-state index contributed by atoms with van der Waals surface area (Å²) in [7, 11) is 0. The van der Waals surface area contributed by atoms with E-state index in [0.717, 1.165) is 11.3 Å². The summed E-state index contributed by atoms with van der Waals surface area (Å²) in [5, 5.41) is 20.0. The summed E-state index contributed by atoms with van der Waals surface area (Å²) >= 11 is 1.58. The van der Waals surface area contributed by atoms with E-state index in [1.54, 1.807) is 16.0 Å². The second kappa shape index (κ2) is 8.64. The lowest BCUT2D eigenvalue weighted by atomic mass is 10.2. The molecule has 0 saturated carbocycles. The van der Waals surface area contributed by atoms with Gasteiger partial charge in [0.15, 0.2) is 0 Å². The third kappa shape index (κ3) is 4.17. The number of hydrogen-bond donors (Lipinski definition) is 0. The molecule has 0 unspecified atom stereocenters. The number of hydrogen-bond acceptors (Lipinski definition) is 9. The van der Waals surface area contributed by atoms with Crippen LogP contribution < -0.4 is 4.90 Å². The lowest BCUT2D eigenvalue weighted by Gasteiger charge is -2.34. The number of para-hydroxylation sites is 1. The van der Waals surface area contributed by atoms with E-state index in [4.69, 9.17) is 4.52 Å². The van der Waals surface area contributed by atoms with Gasteiger partial charge >= 0.3 is 0 Å². The van der Waals surface area contributed by atoms with Crippen LogP contribution in [0.5, 0.6) is 0 Å². The maximum absolute atomic E-state index is 12.7.